The molecule has 1 aromatic rings. The van der Waals surface area contributed by atoms with Crippen molar-refractivity contribution < 1.29 is 9.18 Å². The molecule has 80 valence electrons. The first-order chi connectivity index (χ1) is 7.15. The van der Waals surface area contributed by atoms with Crippen LogP contribution in [0.5, 0.6) is 0 Å². The number of nitroso groups, excluding NO2 is 1. The molecule has 0 spiro atoms. The van der Waals surface area contributed by atoms with Gasteiger partial charge in [-0.2, -0.15) is 4.91 Å². The highest BCUT2D eigenvalue weighted by Gasteiger charge is 2.10. The monoisotopic (exact) mass is 230 g/mol. The number of carbonyl (C=O) groups excluding carboxylic acids is 1. The van der Waals surface area contributed by atoms with Crippen LogP contribution in [-0.2, 0) is 0 Å². The maximum atomic E-state index is 13.2. The first-order valence-corrected chi connectivity index (χ1v) is 4.55. The lowest BCUT2D eigenvalue weighted by atomic mass is 10.2. The van der Waals surface area contributed by atoms with E-state index < -0.39 is 11.7 Å². The van der Waals surface area contributed by atoms with Crippen LogP contribution in [0.2, 0.25) is 5.02 Å². The van der Waals surface area contributed by atoms with Gasteiger partial charge in [-0.3, -0.25) is 4.79 Å². The molecule has 0 aliphatic carbocycles. The quantitative estimate of drug-likeness (QED) is 0.635. The summed E-state index contributed by atoms with van der Waals surface area (Å²) >= 11 is 5.52. The van der Waals surface area contributed by atoms with E-state index in [0.29, 0.717) is 0 Å². The molecule has 0 heterocycles. The Kier molecular flexibility index (Phi) is 4.17. The Labute approximate surface area is 90.4 Å². The molecular formula is C9H8ClFN2O2. The Bertz CT molecular complexity index is 384. The third-order valence-electron chi connectivity index (χ3n) is 1.66. The second kappa shape index (κ2) is 5.41. The largest absolute Gasteiger partial charge is 0.350 e. The van der Waals surface area contributed by atoms with Gasteiger partial charge in [-0.1, -0.05) is 16.8 Å². The number of benzene rings is 1. The molecule has 0 bridgehead atoms. The topological polar surface area (TPSA) is 58.5 Å². The summed E-state index contributed by atoms with van der Waals surface area (Å²) < 4.78 is 13.2. The van der Waals surface area contributed by atoms with Crippen LogP contribution >= 0.6 is 11.6 Å². The molecule has 1 aromatic carbocycles. The number of rotatable bonds is 4. The van der Waals surface area contributed by atoms with E-state index >= 15 is 0 Å². The number of halogens is 2. The summed E-state index contributed by atoms with van der Waals surface area (Å²) in [4.78, 5) is 21.1. The normalized spacial score (nSPS) is 9.73. The van der Waals surface area contributed by atoms with Crippen LogP contribution in [0.4, 0.5) is 4.39 Å². The number of amides is 1. The number of hydrogen-bond acceptors (Lipinski definition) is 3. The summed E-state index contributed by atoms with van der Waals surface area (Å²) in [6, 6.07) is 3.74. The number of carbonyl (C=O) groups is 1. The molecule has 0 aliphatic rings. The highest BCUT2D eigenvalue weighted by atomic mass is 35.5. The molecule has 0 radical (unpaired) electrons. The first-order valence-electron chi connectivity index (χ1n) is 4.17. The molecule has 0 fully saturated rings. The number of nitrogens with zero attached hydrogens (tertiary/aromatic N) is 1. The first kappa shape index (κ1) is 11.6. The van der Waals surface area contributed by atoms with Crippen LogP contribution in [0, 0.1) is 10.7 Å². The molecule has 1 rings (SSSR count). The van der Waals surface area contributed by atoms with Crippen molar-refractivity contribution in [2.24, 2.45) is 5.18 Å². The zero-order chi connectivity index (χ0) is 11.3. The van der Waals surface area contributed by atoms with E-state index in [1.165, 1.54) is 12.1 Å². The molecule has 4 nitrogen and oxygen atoms in total. The second-order valence-electron chi connectivity index (χ2n) is 2.73. The molecule has 0 aromatic heterocycles. The molecule has 0 unspecified atom stereocenters. The lowest BCUT2D eigenvalue weighted by Crippen LogP contribution is -2.26. The molecule has 1 N–H and O–H groups in total. The fraction of sp³-hybridized carbons (Fsp3) is 0.222. The van der Waals surface area contributed by atoms with Gasteiger partial charge < -0.3 is 5.32 Å². The van der Waals surface area contributed by atoms with Crippen molar-refractivity contribution in [3.63, 3.8) is 0 Å². The minimum Gasteiger partial charge on any atom is -0.350 e. The predicted molar refractivity (Wildman–Crippen MR) is 54.4 cm³/mol. The summed E-state index contributed by atoms with van der Waals surface area (Å²) in [5.41, 5.74) is -0.106. The highest BCUT2D eigenvalue weighted by Crippen LogP contribution is 2.14. The van der Waals surface area contributed by atoms with Crippen LogP contribution in [-0.4, -0.2) is 19.0 Å². The standard InChI is InChI=1S/C9H8ClFN2O2/c10-6-1-2-7(8(11)5-6)9(14)12-3-4-13-15/h1-2,5H,3-4H2,(H,12,14). The van der Waals surface area contributed by atoms with E-state index in [1.54, 1.807) is 0 Å². The number of nitrogens with one attached hydrogen (secondary N) is 1. The van der Waals surface area contributed by atoms with Gasteiger partial charge in [0.25, 0.3) is 5.91 Å². The maximum absolute atomic E-state index is 13.2. The average molecular weight is 231 g/mol. The Morgan fingerprint density at radius 3 is 2.87 bits per heavy atom. The average Bonchev–Trinajstić information content (AvgIpc) is 2.17. The smallest absolute Gasteiger partial charge is 0.254 e. The molecule has 0 saturated carbocycles. The molecule has 0 saturated heterocycles. The van der Waals surface area contributed by atoms with Gasteiger partial charge in [-0.15, -0.1) is 0 Å². The van der Waals surface area contributed by atoms with Crippen molar-refractivity contribution in [3.8, 4) is 0 Å². The molecule has 0 atom stereocenters. The van der Waals surface area contributed by atoms with Gasteiger partial charge in [0.15, 0.2) is 0 Å². The lowest BCUT2D eigenvalue weighted by Gasteiger charge is -2.03. The maximum Gasteiger partial charge on any atom is 0.254 e. The van der Waals surface area contributed by atoms with Crippen LogP contribution in [0.3, 0.4) is 0 Å². The van der Waals surface area contributed by atoms with Crippen molar-refractivity contribution in [1.29, 1.82) is 0 Å². The van der Waals surface area contributed by atoms with Crippen LogP contribution < -0.4 is 5.32 Å². The molecule has 0 aliphatic heterocycles. The van der Waals surface area contributed by atoms with Crippen molar-refractivity contribution in [2.75, 3.05) is 13.1 Å². The zero-order valence-electron chi connectivity index (χ0n) is 7.67. The van der Waals surface area contributed by atoms with Gasteiger partial charge in [0, 0.05) is 11.6 Å². The molecule has 6 heteroatoms. The summed E-state index contributed by atoms with van der Waals surface area (Å²) in [6.45, 7) is 0.0470. The van der Waals surface area contributed by atoms with Crippen LogP contribution in [0.25, 0.3) is 0 Å². The van der Waals surface area contributed by atoms with E-state index in [0.717, 1.165) is 6.07 Å². The third-order valence-corrected chi connectivity index (χ3v) is 1.90. The zero-order valence-corrected chi connectivity index (χ0v) is 8.42. The van der Waals surface area contributed by atoms with Crippen molar-refractivity contribution >= 4 is 17.5 Å². The van der Waals surface area contributed by atoms with Crippen molar-refractivity contribution in [2.45, 2.75) is 0 Å². The summed E-state index contributed by atoms with van der Waals surface area (Å²) in [5, 5.41) is 5.12. The minimum atomic E-state index is -0.695. The van der Waals surface area contributed by atoms with E-state index in [1.807, 2.05) is 0 Å². The minimum absolute atomic E-state index is 0.0407. The van der Waals surface area contributed by atoms with Gasteiger partial charge >= 0.3 is 0 Å². The fourth-order valence-corrected chi connectivity index (χ4v) is 1.14. The molecular weight excluding hydrogens is 223 g/mol. The second-order valence-corrected chi connectivity index (χ2v) is 3.17. The van der Waals surface area contributed by atoms with Gasteiger partial charge in [-0.05, 0) is 18.2 Å². The van der Waals surface area contributed by atoms with E-state index in [9.17, 15) is 14.1 Å². The van der Waals surface area contributed by atoms with Gasteiger partial charge in [-0.25, -0.2) is 4.39 Å². The van der Waals surface area contributed by atoms with E-state index in [-0.39, 0.29) is 23.7 Å². The number of hydrogen-bond donors (Lipinski definition) is 1. The third kappa shape index (κ3) is 3.28. The van der Waals surface area contributed by atoms with Crippen LogP contribution in [0.1, 0.15) is 10.4 Å². The SMILES string of the molecule is O=NCCNC(=O)c1ccc(Cl)cc1F. The summed E-state index contributed by atoms with van der Waals surface area (Å²) in [7, 11) is 0. The lowest BCUT2D eigenvalue weighted by molar-refractivity contribution is 0.0951. The van der Waals surface area contributed by atoms with Gasteiger partial charge in [0.2, 0.25) is 0 Å². The Morgan fingerprint density at radius 2 is 2.27 bits per heavy atom. The van der Waals surface area contributed by atoms with E-state index in [2.05, 4.69) is 10.5 Å². The summed E-state index contributed by atoms with van der Waals surface area (Å²) in [5.74, 6) is -1.29. The van der Waals surface area contributed by atoms with E-state index in [4.69, 9.17) is 11.6 Å². The van der Waals surface area contributed by atoms with Crippen LogP contribution in [0.15, 0.2) is 23.4 Å². The van der Waals surface area contributed by atoms with Gasteiger partial charge in [0.1, 0.15) is 5.82 Å². The Morgan fingerprint density at radius 1 is 1.53 bits per heavy atom. The summed E-state index contributed by atoms with van der Waals surface area (Å²) in [6.07, 6.45) is 0. The highest BCUT2D eigenvalue weighted by molar-refractivity contribution is 6.30. The van der Waals surface area contributed by atoms with Crippen molar-refractivity contribution in [1.82, 2.24) is 5.32 Å². The molecule has 15 heavy (non-hydrogen) atoms. The Hall–Kier alpha value is -1.49. The van der Waals surface area contributed by atoms with Gasteiger partial charge in [0.05, 0.1) is 12.1 Å². The Balaban J connectivity index is 2.69. The fourth-order valence-electron chi connectivity index (χ4n) is 0.984. The molecule has 1 amide bonds. The predicted octanol–water partition coefficient (Wildman–Crippen LogP) is 1.98. The van der Waals surface area contributed by atoms with Crippen molar-refractivity contribution in [3.05, 3.63) is 39.5 Å².